The minimum atomic E-state index is -0.459. The van der Waals surface area contributed by atoms with E-state index in [9.17, 15) is 19.2 Å². The molecule has 6 atom stereocenters. The third-order valence-electron chi connectivity index (χ3n) is 8.73. The van der Waals surface area contributed by atoms with Crippen LogP contribution < -0.4 is 16.0 Å². The molecule has 0 spiro atoms. The Morgan fingerprint density at radius 2 is 1.65 bits per heavy atom. The summed E-state index contributed by atoms with van der Waals surface area (Å²) in [6, 6.07) is 1.48. The molecule has 1 fully saturated rings. The van der Waals surface area contributed by atoms with Crippen LogP contribution in [-0.2, 0) is 28.7 Å². The SMILES string of the molecule is CC.CC(C)C.CCC(C)C(C(CC(=O)N1CCCC1C(OC)C(C)C)OC)N(C)C(=O)CNC(=O)C(NC)C(C)C.Cc1ccsc1.O=CNCCO. The first kappa shape index (κ1) is 55.8. The molecule has 1 aromatic rings. The summed E-state index contributed by atoms with van der Waals surface area (Å²) in [6.45, 7) is 25.8. The fourth-order valence-corrected chi connectivity index (χ4v) is 6.64. The molecule has 12 nitrogen and oxygen atoms in total. The molecule has 2 heterocycles. The van der Waals surface area contributed by atoms with Crippen LogP contribution in [0.4, 0.5) is 0 Å². The molecule has 6 unspecified atom stereocenters. The van der Waals surface area contributed by atoms with E-state index in [0.29, 0.717) is 25.4 Å². The number of methoxy groups -OCH3 is 2. The predicted molar refractivity (Wildman–Crippen MR) is 225 cm³/mol. The number of rotatable bonds is 18. The van der Waals surface area contributed by atoms with Gasteiger partial charge < -0.3 is 40.3 Å². The zero-order valence-corrected chi connectivity index (χ0v) is 37.7. The maximum Gasteiger partial charge on any atom is 0.242 e. The second-order valence-electron chi connectivity index (χ2n) is 14.7. The average Bonchev–Trinajstić information content (AvgIpc) is 3.82. The van der Waals surface area contributed by atoms with Crippen molar-refractivity contribution in [2.24, 2.45) is 23.7 Å². The van der Waals surface area contributed by atoms with Crippen LogP contribution in [0.2, 0.25) is 0 Å². The summed E-state index contributed by atoms with van der Waals surface area (Å²) in [5, 5.41) is 20.2. The summed E-state index contributed by atoms with van der Waals surface area (Å²) < 4.78 is 11.6. The number of likely N-dealkylation sites (N-methyl/N-ethyl adjacent to an activating group) is 2. The summed E-state index contributed by atoms with van der Waals surface area (Å²) in [5.41, 5.74) is 1.36. The van der Waals surface area contributed by atoms with Gasteiger partial charge in [0.15, 0.2) is 0 Å². The molecule has 0 bridgehead atoms. The minimum Gasteiger partial charge on any atom is -0.395 e. The van der Waals surface area contributed by atoms with Gasteiger partial charge in [0.25, 0.3) is 0 Å². The van der Waals surface area contributed by atoms with Crippen molar-refractivity contribution in [1.29, 1.82) is 0 Å². The number of amides is 4. The van der Waals surface area contributed by atoms with E-state index in [0.717, 1.165) is 25.2 Å². The topological polar surface area (TPSA) is 150 Å². The number of nitrogens with zero attached hydrogens (tertiary/aromatic N) is 2. The van der Waals surface area contributed by atoms with Crippen molar-refractivity contribution in [3.8, 4) is 0 Å². The number of aryl methyl sites for hydroxylation is 1. The monoisotopic (exact) mass is 788 g/mol. The molecule has 4 amide bonds. The highest BCUT2D eigenvalue weighted by atomic mass is 32.1. The number of carbonyl (C=O) groups is 4. The lowest BCUT2D eigenvalue weighted by Crippen LogP contribution is -2.54. The van der Waals surface area contributed by atoms with Gasteiger partial charge in [0, 0.05) is 34.4 Å². The van der Waals surface area contributed by atoms with Gasteiger partial charge in [-0.25, -0.2) is 0 Å². The zero-order chi connectivity index (χ0) is 42.4. The van der Waals surface area contributed by atoms with E-state index >= 15 is 0 Å². The van der Waals surface area contributed by atoms with Crippen molar-refractivity contribution in [3.63, 3.8) is 0 Å². The number of aliphatic hydroxyl groups excluding tert-OH is 1. The lowest BCUT2D eigenvalue weighted by molar-refractivity contribution is -0.144. The Morgan fingerprint density at radius 3 is 2.00 bits per heavy atom. The van der Waals surface area contributed by atoms with E-state index in [-0.39, 0.29) is 73.4 Å². The first-order valence-electron chi connectivity index (χ1n) is 19.8. The molecule has 13 heteroatoms. The molecule has 0 radical (unpaired) electrons. The number of ether oxygens (including phenoxy) is 2. The van der Waals surface area contributed by atoms with Gasteiger partial charge in [-0.1, -0.05) is 82.6 Å². The van der Waals surface area contributed by atoms with Crippen LogP contribution in [0.5, 0.6) is 0 Å². The van der Waals surface area contributed by atoms with E-state index in [1.807, 2.05) is 32.6 Å². The molecule has 4 N–H and O–H groups in total. The Labute approximate surface area is 333 Å². The molecular formula is C41H81N5O7S. The van der Waals surface area contributed by atoms with Gasteiger partial charge in [-0.3, -0.25) is 19.2 Å². The van der Waals surface area contributed by atoms with Crippen molar-refractivity contribution in [3.05, 3.63) is 22.4 Å². The van der Waals surface area contributed by atoms with Crippen molar-refractivity contribution in [2.45, 2.75) is 139 Å². The van der Waals surface area contributed by atoms with Crippen LogP contribution in [0.15, 0.2) is 16.8 Å². The first-order chi connectivity index (χ1) is 25.5. The number of aliphatic hydroxyl groups is 1. The Balaban J connectivity index is -0.00000118. The van der Waals surface area contributed by atoms with Crippen LogP contribution in [0.1, 0.15) is 107 Å². The third-order valence-corrected chi connectivity index (χ3v) is 9.53. The van der Waals surface area contributed by atoms with Crippen LogP contribution in [0.3, 0.4) is 0 Å². The quantitative estimate of drug-likeness (QED) is 0.109. The zero-order valence-electron chi connectivity index (χ0n) is 36.9. The van der Waals surface area contributed by atoms with Crippen LogP contribution in [0, 0.1) is 30.6 Å². The lowest BCUT2D eigenvalue weighted by Gasteiger charge is -2.39. The van der Waals surface area contributed by atoms with E-state index in [2.05, 4.69) is 88.2 Å². The molecule has 0 aromatic carbocycles. The molecule has 0 saturated carbocycles. The standard InChI is InChI=1S/C27H52N4O5.C5H6S.C4H10.C3H7NO2.C2H6/c1-11-19(6)25(30(8)23(33)16-29-27(34)24(28-7)17(2)3)21(35-9)15-22(32)31-14-12-13-20(31)26(36-10)18(4)5;1-5-2-3-6-4-5;1-4(2)3;5-2-1-4-3-6;1-2/h17-21,24-26,28H,11-16H2,1-10H3,(H,29,34);2-4H,1H3;4H,1-3H3;3,5H,1-2H2,(H,4,6);1-2H3. The van der Waals surface area contributed by atoms with Crippen molar-refractivity contribution in [1.82, 2.24) is 25.8 Å². The molecule has 1 saturated heterocycles. The maximum absolute atomic E-state index is 13.5. The molecule has 1 aliphatic heterocycles. The highest BCUT2D eigenvalue weighted by Crippen LogP contribution is 2.28. The van der Waals surface area contributed by atoms with Crippen molar-refractivity contribution < 1.29 is 33.8 Å². The second-order valence-corrected chi connectivity index (χ2v) is 15.4. The molecule has 1 aliphatic rings. The number of carbonyl (C=O) groups excluding carboxylic acids is 4. The molecule has 54 heavy (non-hydrogen) atoms. The molecule has 2 rings (SSSR count). The Bertz CT molecular complexity index is 1070. The summed E-state index contributed by atoms with van der Waals surface area (Å²) in [7, 11) is 6.78. The van der Waals surface area contributed by atoms with Crippen molar-refractivity contribution in [2.75, 3.05) is 54.6 Å². The largest absolute Gasteiger partial charge is 0.395 e. The fourth-order valence-electron chi connectivity index (χ4n) is 5.98. The summed E-state index contributed by atoms with van der Waals surface area (Å²) in [6.07, 6.45) is 2.98. The number of likely N-dealkylation sites (tertiary alicyclic amines) is 1. The van der Waals surface area contributed by atoms with Gasteiger partial charge in [0.2, 0.25) is 24.1 Å². The van der Waals surface area contributed by atoms with E-state index in [1.165, 1.54) is 5.56 Å². The van der Waals surface area contributed by atoms with Crippen LogP contribution >= 0.6 is 11.3 Å². The summed E-state index contributed by atoms with van der Waals surface area (Å²) in [5.74, 6) is 0.957. The van der Waals surface area contributed by atoms with Gasteiger partial charge in [-0.15, -0.1) is 0 Å². The molecule has 0 aliphatic carbocycles. The smallest absolute Gasteiger partial charge is 0.242 e. The molecule has 1 aromatic heterocycles. The highest BCUT2D eigenvalue weighted by molar-refractivity contribution is 7.07. The van der Waals surface area contributed by atoms with E-state index in [1.54, 1.807) is 44.6 Å². The fraction of sp³-hybridized carbons (Fsp3) is 0.805. The Morgan fingerprint density at radius 1 is 1.06 bits per heavy atom. The average molecular weight is 788 g/mol. The van der Waals surface area contributed by atoms with Gasteiger partial charge >= 0.3 is 0 Å². The Hall–Kier alpha value is -2.58. The lowest BCUT2D eigenvalue weighted by atomic mass is 9.90. The van der Waals surface area contributed by atoms with Crippen LogP contribution in [-0.4, -0.2) is 124 Å². The Kier molecular flexibility index (Phi) is 34.8. The summed E-state index contributed by atoms with van der Waals surface area (Å²) >= 11 is 1.74. The van der Waals surface area contributed by atoms with Crippen molar-refractivity contribution >= 4 is 35.5 Å². The highest BCUT2D eigenvalue weighted by Gasteiger charge is 2.40. The van der Waals surface area contributed by atoms with Gasteiger partial charge in [0.05, 0.1) is 49.9 Å². The first-order valence-corrected chi connectivity index (χ1v) is 20.8. The van der Waals surface area contributed by atoms with Crippen LogP contribution in [0.25, 0.3) is 0 Å². The minimum absolute atomic E-state index is 0.0112. The van der Waals surface area contributed by atoms with Gasteiger partial charge in [0.1, 0.15) is 0 Å². The third kappa shape index (κ3) is 23.4. The number of nitrogens with one attached hydrogen (secondary N) is 3. The van der Waals surface area contributed by atoms with E-state index in [4.69, 9.17) is 14.6 Å². The van der Waals surface area contributed by atoms with E-state index < -0.39 is 6.10 Å². The van der Waals surface area contributed by atoms with Gasteiger partial charge in [-0.05, 0) is 72.9 Å². The molecular weight excluding hydrogens is 707 g/mol. The van der Waals surface area contributed by atoms with Gasteiger partial charge in [-0.2, -0.15) is 11.3 Å². The second kappa shape index (κ2) is 33.7. The summed E-state index contributed by atoms with van der Waals surface area (Å²) in [4.78, 5) is 52.1. The number of hydrogen-bond acceptors (Lipinski definition) is 9. The number of hydrogen-bond donors (Lipinski definition) is 4. The molecule has 318 valence electrons. The predicted octanol–water partition coefficient (Wildman–Crippen LogP) is 5.76. The maximum atomic E-state index is 13.5. The number of thiophene rings is 1. The normalized spacial score (nSPS) is 16.1.